The van der Waals surface area contributed by atoms with Crippen molar-refractivity contribution in [1.29, 1.82) is 0 Å². The zero-order valence-electron chi connectivity index (χ0n) is 25.2. The third-order valence-electron chi connectivity index (χ3n) is 6.37. The van der Waals surface area contributed by atoms with E-state index >= 15 is 0 Å². The SMILES string of the molecule is FC(F)(F)c1ccc(-c2n[n-]c(-c3ccccn3)n2)cc1.Fc1c[c-]c(-c2ccccn2)c(F)c1.Fc1c[c-]c(-c2ccccn2)c(F)c1.[Ir+3]. The quantitative estimate of drug-likeness (QED) is 0.130. The average Bonchev–Trinajstić information content (AvgIpc) is 3.61. The van der Waals surface area contributed by atoms with Gasteiger partial charge in [-0.15, -0.1) is 24.3 Å². The summed E-state index contributed by atoms with van der Waals surface area (Å²) in [6.45, 7) is 0. The van der Waals surface area contributed by atoms with Crippen LogP contribution in [0.25, 0.3) is 45.4 Å². The summed E-state index contributed by atoms with van der Waals surface area (Å²) in [5.41, 5.74) is 1.59. The summed E-state index contributed by atoms with van der Waals surface area (Å²) in [7, 11) is 0. The molecule has 0 saturated heterocycles. The molecule has 0 saturated carbocycles. The van der Waals surface area contributed by atoms with Crippen LogP contribution in [0.15, 0.2) is 122 Å². The second kappa shape index (κ2) is 17.2. The summed E-state index contributed by atoms with van der Waals surface area (Å²) in [6.07, 6.45) is 0.338. The molecule has 252 valence electrons. The normalized spacial score (nSPS) is 10.5. The number of alkyl halides is 3. The molecule has 0 bridgehead atoms. The van der Waals surface area contributed by atoms with Gasteiger partial charge in [-0.05, 0) is 59.2 Å². The fraction of sp³-hybridized carbons (Fsp3) is 0.0278. The van der Waals surface area contributed by atoms with Crippen molar-refractivity contribution in [3.63, 3.8) is 0 Å². The number of benzene rings is 3. The Balaban J connectivity index is 0.000000172. The summed E-state index contributed by atoms with van der Waals surface area (Å²) in [6, 6.07) is 29.0. The topological polar surface area (TPSA) is 78.5 Å². The first-order valence-electron chi connectivity index (χ1n) is 14.1. The molecule has 3 aromatic carbocycles. The number of pyridine rings is 3. The van der Waals surface area contributed by atoms with Gasteiger partial charge >= 0.3 is 26.3 Å². The van der Waals surface area contributed by atoms with E-state index in [-0.39, 0.29) is 37.1 Å². The Labute approximate surface area is 294 Å². The second-order valence-corrected chi connectivity index (χ2v) is 9.76. The summed E-state index contributed by atoms with van der Waals surface area (Å²) in [5, 5.41) is 7.76. The van der Waals surface area contributed by atoms with E-state index < -0.39 is 35.0 Å². The van der Waals surface area contributed by atoms with Crippen molar-refractivity contribution in [2.45, 2.75) is 6.18 Å². The summed E-state index contributed by atoms with van der Waals surface area (Å²) in [4.78, 5) is 16.2. The van der Waals surface area contributed by atoms with Gasteiger partial charge in [-0.1, -0.05) is 65.7 Å². The maximum absolute atomic E-state index is 13.2. The van der Waals surface area contributed by atoms with E-state index in [1.54, 1.807) is 73.2 Å². The predicted octanol–water partition coefficient (Wildman–Crippen LogP) is 8.83. The number of hydrogen-bond donors (Lipinski definition) is 0. The molecule has 4 heterocycles. The van der Waals surface area contributed by atoms with Crippen LogP contribution in [0.2, 0.25) is 0 Å². The minimum absolute atomic E-state index is 0. The molecule has 7 aromatic rings. The van der Waals surface area contributed by atoms with Crippen molar-refractivity contribution < 1.29 is 50.8 Å². The standard InChI is InChI=1S/C14H8F3N4.2C11H6F2N.Ir/c15-14(16,17)10-6-4-9(5-7-10)12-19-13(21-20-12)11-3-1-2-8-18-11;2*12-8-4-5-9(10(13)7-8)11-3-1-2-6-14-11;/h1-8H;2*1-4,6-7H;/q3*-1;+3. The van der Waals surface area contributed by atoms with E-state index in [9.17, 15) is 30.7 Å². The third-order valence-corrected chi connectivity index (χ3v) is 6.37. The van der Waals surface area contributed by atoms with Gasteiger partial charge in [0.25, 0.3) is 0 Å². The van der Waals surface area contributed by atoms with Crippen LogP contribution in [0.4, 0.5) is 30.7 Å². The fourth-order valence-electron chi connectivity index (χ4n) is 4.08. The fourth-order valence-corrected chi connectivity index (χ4v) is 4.08. The Morgan fingerprint density at radius 2 is 1.04 bits per heavy atom. The van der Waals surface area contributed by atoms with Gasteiger partial charge < -0.3 is 20.1 Å². The molecule has 0 atom stereocenters. The Bertz CT molecular complexity index is 2010. The molecule has 0 fully saturated rings. The molecule has 7 rings (SSSR count). The van der Waals surface area contributed by atoms with Gasteiger partial charge in [0, 0.05) is 41.9 Å². The molecule has 50 heavy (non-hydrogen) atoms. The smallest absolute Gasteiger partial charge is 0.417 e. The monoisotopic (exact) mass is 862 g/mol. The van der Waals surface area contributed by atoms with Gasteiger partial charge in [-0.25, -0.2) is 0 Å². The average molecular weight is 862 g/mol. The number of rotatable bonds is 4. The molecule has 4 aromatic heterocycles. The molecular weight excluding hydrogens is 842 g/mol. The first kappa shape index (κ1) is 37.2. The van der Waals surface area contributed by atoms with E-state index in [4.69, 9.17) is 0 Å². The molecule has 0 amide bonds. The Hall–Kier alpha value is -5.59. The molecule has 0 spiro atoms. The van der Waals surface area contributed by atoms with Crippen molar-refractivity contribution in [2.75, 3.05) is 0 Å². The van der Waals surface area contributed by atoms with Crippen LogP contribution in [0.3, 0.4) is 0 Å². The van der Waals surface area contributed by atoms with Crippen molar-refractivity contribution in [3.05, 3.63) is 163 Å². The summed E-state index contributed by atoms with van der Waals surface area (Å²) >= 11 is 0. The molecule has 0 aliphatic rings. The van der Waals surface area contributed by atoms with E-state index in [2.05, 4.69) is 42.3 Å². The van der Waals surface area contributed by atoms with Crippen LogP contribution >= 0.6 is 0 Å². The molecule has 0 N–H and O–H groups in total. The summed E-state index contributed by atoms with van der Waals surface area (Å²) < 4.78 is 89.1. The van der Waals surface area contributed by atoms with Gasteiger partial charge in [-0.3, -0.25) is 27.6 Å². The van der Waals surface area contributed by atoms with Crippen LogP contribution in [-0.4, -0.2) is 25.0 Å². The minimum atomic E-state index is -4.36. The number of hydrogen-bond acceptors (Lipinski definition) is 5. The molecule has 0 radical (unpaired) electrons. The molecule has 0 aliphatic carbocycles. The van der Waals surface area contributed by atoms with Gasteiger partial charge in [0.1, 0.15) is 0 Å². The maximum atomic E-state index is 13.2. The van der Waals surface area contributed by atoms with Crippen LogP contribution in [0, 0.1) is 35.4 Å². The van der Waals surface area contributed by atoms with Crippen LogP contribution in [0.5, 0.6) is 0 Å². The molecule has 0 unspecified atom stereocenters. The van der Waals surface area contributed by atoms with Gasteiger partial charge in [0.05, 0.1) is 17.1 Å². The van der Waals surface area contributed by atoms with Gasteiger partial charge in [0.15, 0.2) is 0 Å². The van der Waals surface area contributed by atoms with Crippen molar-refractivity contribution in [3.8, 4) is 45.4 Å². The van der Waals surface area contributed by atoms with Crippen molar-refractivity contribution in [2.24, 2.45) is 0 Å². The first-order chi connectivity index (χ1) is 23.6. The number of aromatic nitrogens is 6. The van der Waals surface area contributed by atoms with Crippen LogP contribution < -0.4 is 5.10 Å². The summed E-state index contributed by atoms with van der Waals surface area (Å²) in [5.74, 6) is -1.97. The van der Waals surface area contributed by atoms with Crippen molar-refractivity contribution in [1.82, 2.24) is 30.1 Å². The van der Waals surface area contributed by atoms with E-state index in [1.807, 2.05) is 0 Å². The number of halogens is 7. The van der Waals surface area contributed by atoms with Crippen molar-refractivity contribution >= 4 is 0 Å². The molecule has 6 nitrogen and oxygen atoms in total. The van der Waals surface area contributed by atoms with E-state index in [0.29, 0.717) is 28.5 Å². The molecule has 0 aliphatic heterocycles. The van der Waals surface area contributed by atoms with E-state index in [0.717, 1.165) is 36.4 Å². The second-order valence-electron chi connectivity index (χ2n) is 9.76. The molecular formula is C36H20F7IrN6. The van der Waals surface area contributed by atoms with Gasteiger partial charge in [-0.2, -0.15) is 13.2 Å². The van der Waals surface area contributed by atoms with Gasteiger partial charge in [0.2, 0.25) is 0 Å². The Kier molecular flexibility index (Phi) is 12.8. The predicted molar refractivity (Wildman–Crippen MR) is 166 cm³/mol. The zero-order valence-corrected chi connectivity index (χ0v) is 27.6. The number of nitrogens with zero attached hydrogens (tertiary/aromatic N) is 6. The minimum Gasteiger partial charge on any atom is -0.417 e. The zero-order chi connectivity index (χ0) is 34.8. The largest absolute Gasteiger partial charge is 3.00 e. The molecule has 14 heteroatoms. The first-order valence-corrected chi connectivity index (χ1v) is 14.1. The Morgan fingerprint density at radius 1 is 0.580 bits per heavy atom. The third kappa shape index (κ3) is 9.97. The maximum Gasteiger partial charge on any atom is 3.00 e. The van der Waals surface area contributed by atoms with Crippen LogP contribution in [-0.2, 0) is 26.3 Å². The Morgan fingerprint density at radius 3 is 1.44 bits per heavy atom. The van der Waals surface area contributed by atoms with Crippen LogP contribution in [0.1, 0.15) is 5.56 Å². The van der Waals surface area contributed by atoms with E-state index in [1.165, 1.54) is 12.1 Å².